The molecule has 2 rings (SSSR count). The number of carbonyl (C=O) groups excluding carboxylic acids is 1. The third-order valence-corrected chi connectivity index (χ3v) is 3.73. The minimum Gasteiger partial charge on any atom is -0.380 e. The second-order valence-electron chi connectivity index (χ2n) is 4.55. The summed E-state index contributed by atoms with van der Waals surface area (Å²) in [7, 11) is 0. The zero-order valence-electron chi connectivity index (χ0n) is 11.7. The van der Waals surface area contributed by atoms with Gasteiger partial charge in [0, 0.05) is 29.1 Å². The molecule has 0 fully saturated rings. The number of rotatable bonds is 5. The molecule has 0 aliphatic heterocycles. The van der Waals surface area contributed by atoms with Gasteiger partial charge in [-0.1, -0.05) is 28.1 Å². The largest absolute Gasteiger partial charge is 0.380 e. The Hall–Kier alpha value is -2.14. The Labute approximate surface area is 132 Å². The van der Waals surface area contributed by atoms with E-state index < -0.39 is 0 Å². The number of aromatic nitrogens is 1. The van der Waals surface area contributed by atoms with Crippen molar-refractivity contribution in [2.45, 2.75) is 6.92 Å². The third-order valence-electron chi connectivity index (χ3n) is 2.88. The van der Waals surface area contributed by atoms with Crippen LogP contribution in [-0.2, 0) is 0 Å². The summed E-state index contributed by atoms with van der Waals surface area (Å²) in [5.41, 5.74) is 3.14. The van der Waals surface area contributed by atoms with Crippen molar-refractivity contribution in [2.75, 3.05) is 17.2 Å². The number of hydrogen-bond donors (Lipinski definition) is 2. The predicted molar refractivity (Wildman–Crippen MR) is 89.8 cm³/mol. The molecule has 1 aromatic heterocycles. The van der Waals surface area contributed by atoms with Crippen LogP contribution in [0.3, 0.4) is 0 Å². The van der Waals surface area contributed by atoms with E-state index in [2.05, 4.69) is 38.1 Å². The maximum absolute atomic E-state index is 12.2. The molecule has 4 nitrogen and oxygen atoms in total. The lowest BCUT2D eigenvalue weighted by Gasteiger charge is -2.08. The monoisotopic (exact) mass is 345 g/mol. The zero-order chi connectivity index (χ0) is 15.2. The fourth-order valence-corrected chi connectivity index (χ4v) is 2.10. The fourth-order valence-electron chi connectivity index (χ4n) is 1.72. The third kappa shape index (κ3) is 4.16. The molecule has 0 spiro atoms. The molecule has 0 aliphatic carbocycles. The summed E-state index contributed by atoms with van der Waals surface area (Å²) >= 11 is 3.45. The van der Waals surface area contributed by atoms with Crippen molar-refractivity contribution in [1.29, 1.82) is 0 Å². The van der Waals surface area contributed by atoms with Gasteiger partial charge >= 0.3 is 0 Å². The average Bonchev–Trinajstić information content (AvgIpc) is 2.49. The van der Waals surface area contributed by atoms with E-state index in [1.54, 1.807) is 18.3 Å². The highest BCUT2D eigenvalue weighted by molar-refractivity contribution is 9.10. The van der Waals surface area contributed by atoms with Gasteiger partial charge in [0.15, 0.2) is 0 Å². The molecule has 0 unspecified atom stereocenters. The maximum Gasteiger partial charge on any atom is 0.257 e. The lowest BCUT2D eigenvalue weighted by Crippen LogP contribution is -2.13. The van der Waals surface area contributed by atoms with Crippen molar-refractivity contribution in [3.05, 3.63) is 64.9 Å². The van der Waals surface area contributed by atoms with Crippen LogP contribution in [0.4, 0.5) is 11.4 Å². The van der Waals surface area contributed by atoms with Crippen LogP contribution in [0.5, 0.6) is 0 Å². The van der Waals surface area contributed by atoms with E-state index in [-0.39, 0.29) is 5.91 Å². The van der Waals surface area contributed by atoms with Gasteiger partial charge in [-0.3, -0.25) is 9.78 Å². The molecule has 2 aromatic rings. The van der Waals surface area contributed by atoms with Crippen LogP contribution in [0.1, 0.15) is 15.9 Å². The number of amides is 1. The average molecular weight is 346 g/mol. The SMILES string of the molecule is C=CCNc1cncc(C(=O)Nc2ccc(C)c(Br)c2)c1. The first-order valence-electron chi connectivity index (χ1n) is 6.47. The van der Waals surface area contributed by atoms with Crippen molar-refractivity contribution >= 4 is 33.2 Å². The Morgan fingerprint density at radius 1 is 1.33 bits per heavy atom. The Bertz CT molecular complexity index is 670. The van der Waals surface area contributed by atoms with E-state index in [0.717, 1.165) is 21.4 Å². The van der Waals surface area contributed by atoms with E-state index in [1.807, 2.05) is 25.1 Å². The van der Waals surface area contributed by atoms with Crippen LogP contribution in [0.15, 0.2) is 53.8 Å². The number of aryl methyl sites for hydroxylation is 1. The number of halogens is 1. The highest BCUT2D eigenvalue weighted by atomic mass is 79.9. The lowest BCUT2D eigenvalue weighted by molar-refractivity contribution is 0.102. The van der Waals surface area contributed by atoms with E-state index in [9.17, 15) is 4.79 Å². The van der Waals surface area contributed by atoms with Gasteiger partial charge in [-0.25, -0.2) is 0 Å². The Morgan fingerprint density at radius 2 is 2.14 bits per heavy atom. The molecule has 0 aliphatic rings. The van der Waals surface area contributed by atoms with Crippen molar-refractivity contribution < 1.29 is 4.79 Å². The molecule has 108 valence electrons. The predicted octanol–water partition coefficient (Wildman–Crippen LogP) is 4.00. The topological polar surface area (TPSA) is 54.0 Å². The van der Waals surface area contributed by atoms with Crippen LogP contribution >= 0.6 is 15.9 Å². The molecule has 0 bridgehead atoms. The molecular formula is C16H16BrN3O. The number of nitrogens with one attached hydrogen (secondary N) is 2. The molecule has 21 heavy (non-hydrogen) atoms. The van der Waals surface area contributed by atoms with Crippen LogP contribution in [0.2, 0.25) is 0 Å². The van der Waals surface area contributed by atoms with Gasteiger partial charge in [-0.2, -0.15) is 0 Å². The highest BCUT2D eigenvalue weighted by Gasteiger charge is 2.08. The molecule has 5 heteroatoms. The standard InChI is InChI=1S/C16H16BrN3O/c1-3-6-19-14-7-12(9-18-10-14)16(21)20-13-5-4-11(2)15(17)8-13/h3-5,7-10,19H,1,6H2,2H3,(H,20,21). The molecule has 0 saturated carbocycles. The highest BCUT2D eigenvalue weighted by Crippen LogP contribution is 2.21. The number of hydrogen-bond acceptors (Lipinski definition) is 3. The first kappa shape index (κ1) is 15.3. The number of nitrogens with zero attached hydrogens (tertiary/aromatic N) is 1. The van der Waals surface area contributed by atoms with Crippen molar-refractivity contribution in [2.24, 2.45) is 0 Å². The van der Waals surface area contributed by atoms with Gasteiger partial charge in [-0.05, 0) is 30.7 Å². The number of anilines is 2. The molecule has 2 N–H and O–H groups in total. The van der Waals surface area contributed by atoms with E-state index in [0.29, 0.717) is 12.1 Å². The summed E-state index contributed by atoms with van der Waals surface area (Å²) in [5.74, 6) is -0.194. The molecule has 1 heterocycles. The van der Waals surface area contributed by atoms with Crippen molar-refractivity contribution in [3.63, 3.8) is 0 Å². The number of pyridine rings is 1. The second kappa shape index (κ2) is 7.04. The molecule has 0 saturated heterocycles. The Kier molecular flexibility index (Phi) is 5.11. The number of benzene rings is 1. The van der Waals surface area contributed by atoms with Crippen LogP contribution < -0.4 is 10.6 Å². The Morgan fingerprint density at radius 3 is 2.86 bits per heavy atom. The normalized spacial score (nSPS) is 10.0. The fraction of sp³-hybridized carbons (Fsp3) is 0.125. The summed E-state index contributed by atoms with van der Waals surface area (Å²) in [4.78, 5) is 16.3. The van der Waals surface area contributed by atoms with Gasteiger partial charge in [0.25, 0.3) is 5.91 Å². The zero-order valence-corrected chi connectivity index (χ0v) is 13.3. The van der Waals surface area contributed by atoms with E-state index >= 15 is 0 Å². The minimum atomic E-state index is -0.194. The number of carbonyl (C=O) groups is 1. The van der Waals surface area contributed by atoms with Gasteiger partial charge < -0.3 is 10.6 Å². The smallest absolute Gasteiger partial charge is 0.257 e. The molecule has 0 atom stereocenters. The Balaban J connectivity index is 2.12. The lowest BCUT2D eigenvalue weighted by atomic mass is 10.2. The summed E-state index contributed by atoms with van der Waals surface area (Å²) in [6.45, 7) is 6.25. The first-order valence-corrected chi connectivity index (χ1v) is 7.27. The molecule has 0 radical (unpaired) electrons. The first-order chi connectivity index (χ1) is 10.1. The van der Waals surface area contributed by atoms with Crippen LogP contribution in [0, 0.1) is 6.92 Å². The van der Waals surface area contributed by atoms with Crippen molar-refractivity contribution in [3.8, 4) is 0 Å². The molecule has 1 amide bonds. The summed E-state index contributed by atoms with van der Waals surface area (Å²) < 4.78 is 0.958. The minimum absolute atomic E-state index is 0.194. The van der Waals surface area contributed by atoms with Crippen LogP contribution in [-0.4, -0.2) is 17.4 Å². The quantitative estimate of drug-likeness (QED) is 0.805. The van der Waals surface area contributed by atoms with Crippen molar-refractivity contribution in [1.82, 2.24) is 4.98 Å². The molecule has 1 aromatic carbocycles. The molecular weight excluding hydrogens is 330 g/mol. The summed E-state index contributed by atoms with van der Waals surface area (Å²) in [6.07, 6.45) is 4.96. The van der Waals surface area contributed by atoms with Gasteiger partial charge in [-0.15, -0.1) is 6.58 Å². The van der Waals surface area contributed by atoms with Gasteiger partial charge in [0.1, 0.15) is 0 Å². The second-order valence-corrected chi connectivity index (χ2v) is 5.40. The van der Waals surface area contributed by atoms with Gasteiger partial charge in [0.2, 0.25) is 0 Å². The van der Waals surface area contributed by atoms with Gasteiger partial charge in [0.05, 0.1) is 11.3 Å². The van der Waals surface area contributed by atoms with E-state index in [4.69, 9.17) is 0 Å². The van der Waals surface area contributed by atoms with Crippen LogP contribution in [0.25, 0.3) is 0 Å². The summed E-state index contributed by atoms with van der Waals surface area (Å²) in [6, 6.07) is 7.45. The maximum atomic E-state index is 12.2. The summed E-state index contributed by atoms with van der Waals surface area (Å²) in [5, 5.41) is 5.95. The van der Waals surface area contributed by atoms with E-state index in [1.165, 1.54) is 6.20 Å².